The lowest BCUT2D eigenvalue weighted by molar-refractivity contribution is -0.0320. The number of rotatable bonds is 12. The lowest BCUT2D eigenvalue weighted by Crippen LogP contribution is -2.41. The Hall–Kier alpha value is -4.57. The fraction of sp³-hybridized carbons (Fsp3) is 0.625. The van der Waals surface area contributed by atoms with E-state index in [0.717, 1.165) is 100 Å². The van der Waals surface area contributed by atoms with Crippen LogP contribution in [-0.4, -0.2) is 0 Å². The minimum atomic E-state index is -5.39. The van der Waals surface area contributed by atoms with Crippen LogP contribution < -0.4 is 0 Å². The van der Waals surface area contributed by atoms with Gasteiger partial charge in [0.05, 0.1) is 0 Å². The molecule has 0 spiro atoms. The Labute approximate surface area is 622 Å². The molecule has 0 aliphatic rings. The van der Waals surface area contributed by atoms with E-state index in [1.54, 1.807) is 0 Å². The summed E-state index contributed by atoms with van der Waals surface area (Å²) in [5.74, 6) is 0. The molecule has 0 saturated carbocycles. The average molecular weight is 1400 g/mol. The van der Waals surface area contributed by atoms with Gasteiger partial charge in [-0.3, -0.25) is 13.6 Å². The van der Waals surface area contributed by atoms with Crippen molar-refractivity contribution >= 4 is 7.82 Å². The van der Waals surface area contributed by atoms with Crippen molar-refractivity contribution in [3.05, 3.63) is 206 Å². The first-order valence-electron chi connectivity index (χ1n) is 38.3. The van der Waals surface area contributed by atoms with Crippen LogP contribution in [0.25, 0.3) is 0 Å². The van der Waals surface area contributed by atoms with Crippen LogP contribution in [0, 0.1) is 41.5 Å². The van der Waals surface area contributed by atoms with Crippen molar-refractivity contribution in [1.82, 2.24) is 0 Å². The summed E-state index contributed by atoms with van der Waals surface area (Å²) >= 11 is 0. The summed E-state index contributed by atoms with van der Waals surface area (Å²) in [5.41, 5.74) is 17.3. The maximum atomic E-state index is 20.2. The van der Waals surface area contributed by atoms with Crippen molar-refractivity contribution < 1.29 is 18.1 Å². The zero-order valence-corrected chi connectivity index (χ0v) is 74.4. The van der Waals surface area contributed by atoms with Gasteiger partial charge >= 0.3 is 7.82 Å². The van der Waals surface area contributed by atoms with Crippen LogP contribution in [-0.2, 0) is 99.9 Å². The minimum Gasteiger partial charge on any atom is -0.271 e. The molecule has 5 heteroatoms. The fourth-order valence-electron chi connectivity index (χ4n) is 16.0. The van der Waals surface area contributed by atoms with E-state index < -0.39 is 57.1 Å². The van der Waals surface area contributed by atoms with Crippen molar-refractivity contribution in [3.63, 3.8) is 0 Å². The molecule has 0 aliphatic carbocycles. The van der Waals surface area contributed by atoms with Crippen molar-refractivity contribution in [3.8, 4) is 0 Å². The molecule has 6 aromatic rings. The molecular formula is C96H147O4P. The number of aryl methyl sites for hydroxylation is 6. The number of benzene rings is 6. The van der Waals surface area contributed by atoms with Gasteiger partial charge in [-0.05, 0) is 261 Å². The lowest BCUT2D eigenvalue weighted by atomic mass is 9.67. The van der Waals surface area contributed by atoms with E-state index in [1.165, 1.54) is 33.4 Å². The first kappa shape index (κ1) is 85.4. The minimum absolute atomic E-state index is 0.209. The molecule has 101 heavy (non-hydrogen) atoms. The molecule has 6 aromatic carbocycles. The second kappa shape index (κ2) is 26.7. The summed E-state index contributed by atoms with van der Waals surface area (Å²) in [6.07, 6.45) is 0. The molecule has 0 atom stereocenters. The van der Waals surface area contributed by atoms with E-state index in [1.807, 2.05) is 0 Å². The number of hydrogen-bond acceptors (Lipinski definition) is 4. The Kier molecular flexibility index (Phi) is 22.6. The van der Waals surface area contributed by atoms with Gasteiger partial charge < -0.3 is 0 Å². The number of phosphoric acid groups is 1. The summed E-state index contributed by atoms with van der Waals surface area (Å²) in [6.45, 7) is 104. The second-order valence-corrected chi connectivity index (χ2v) is 45.6. The SMILES string of the molecule is Cc1cc(C(C)(C)C)cc(C(C)(C)C)c1C(C)(OP(=O)(OC(C)(c1c(C)cc(C(C)(C)C)cc1C(C)(C)C)c1c(C)cc(C(C)(C)C)cc1C(C)(C)C)OC(C)(c1c(C)cc(C(C)(C)C)cc1C(C)(C)C)c1c(C)cc(C(C)(C)C)cc1C(C)(C)C)c1c(C)cc(C(C)(C)C)cc1C(C)(C)C. The van der Waals surface area contributed by atoms with Crippen molar-refractivity contribution in [2.24, 2.45) is 0 Å². The predicted octanol–water partition coefficient (Wildman–Crippen LogP) is 28.5. The third kappa shape index (κ3) is 17.6. The van der Waals surface area contributed by atoms with Crippen LogP contribution in [0.15, 0.2) is 72.8 Å². The number of phosphoric ester groups is 1. The molecule has 0 amide bonds. The molecule has 0 bridgehead atoms. The third-order valence-electron chi connectivity index (χ3n) is 21.8. The van der Waals surface area contributed by atoms with Crippen molar-refractivity contribution in [2.75, 3.05) is 0 Å². The van der Waals surface area contributed by atoms with E-state index in [-0.39, 0.29) is 32.5 Å². The summed E-state index contributed by atoms with van der Waals surface area (Å²) < 4.78 is 46.8. The highest BCUT2D eigenvalue weighted by molar-refractivity contribution is 7.48. The molecule has 560 valence electrons. The fourth-order valence-corrected chi connectivity index (χ4v) is 18.0. The first-order valence-corrected chi connectivity index (χ1v) is 39.7. The van der Waals surface area contributed by atoms with E-state index in [9.17, 15) is 0 Å². The first-order chi connectivity index (χ1) is 44.6. The molecule has 0 unspecified atom stereocenters. The van der Waals surface area contributed by atoms with Gasteiger partial charge in [0.2, 0.25) is 0 Å². The van der Waals surface area contributed by atoms with E-state index in [0.29, 0.717) is 0 Å². The molecule has 6 rings (SSSR count). The maximum Gasteiger partial charge on any atom is 0.478 e. The van der Waals surface area contributed by atoms with Gasteiger partial charge in [-0.25, -0.2) is 4.57 Å². The Bertz CT molecular complexity index is 3470. The zero-order chi connectivity index (χ0) is 78.5. The molecule has 0 heterocycles. The Morgan fingerprint density at radius 1 is 0.188 bits per heavy atom. The average Bonchev–Trinajstić information content (AvgIpc) is 0.708. The lowest BCUT2D eigenvalue weighted by Gasteiger charge is -2.48. The van der Waals surface area contributed by atoms with Crippen LogP contribution in [0.3, 0.4) is 0 Å². The molecule has 0 aromatic heterocycles. The van der Waals surface area contributed by atoms with Gasteiger partial charge in [-0.1, -0.05) is 322 Å². The standard InChI is InChI=1S/C96H147O4P/c1-58-46-64(82(7,8)9)52-70(88(25,26)27)76(58)94(43,77-59(2)47-65(83(10,11)12)53-71(77)89(28,29)30)98-101(97,99-95(44,78-60(3)48-66(84(13,14)15)54-72(78)90(31,32)33)79-61(4)49-67(85(16,17)18)55-73(79)91(34,35)36)100-96(45,80-62(5)50-68(86(19,20)21)56-74(80)92(37,38)39)81-63(6)51-69(87(22,23)24)57-75(81)93(40,41)42/h46-57H,1-45H3. The maximum absolute atomic E-state index is 20.2. The van der Waals surface area contributed by atoms with Gasteiger partial charge in [0.25, 0.3) is 0 Å². The molecule has 0 N–H and O–H groups in total. The monoisotopic (exact) mass is 1400 g/mol. The summed E-state index contributed by atoms with van der Waals surface area (Å²) in [5, 5.41) is 0. The second-order valence-electron chi connectivity index (χ2n) is 44.1. The predicted molar refractivity (Wildman–Crippen MR) is 442 cm³/mol. The largest absolute Gasteiger partial charge is 0.478 e. The van der Waals surface area contributed by atoms with Crippen LogP contribution >= 0.6 is 7.82 Å². The highest BCUT2D eigenvalue weighted by Crippen LogP contribution is 2.69. The molecule has 0 radical (unpaired) electrons. The smallest absolute Gasteiger partial charge is 0.271 e. The van der Waals surface area contributed by atoms with E-state index in [4.69, 9.17) is 13.6 Å². The third-order valence-corrected chi connectivity index (χ3v) is 23.6. The van der Waals surface area contributed by atoms with E-state index >= 15 is 4.57 Å². The normalized spacial score (nSPS) is 14.5. The Balaban J connectivity index is 2.19. The summed E-state index contributed by atoms with van der Waals surface area (Å²) in [6, 6.07) is 28.8. The zero-order valence-electron chi connectivity index (χ0n) is 73.5. The quantitative estimate of drug-likeness (QED) is 0.115. The molecule has 0 saturated heterocycles. The van der Waals surface area contributed by atoms with Crippen LogP contribution in [0.1, 0.15) is 404 Å². The van der Waals surface area contributed by atoms with Crippen LogP contribution in [0.2, 0.25) is 0 Å². The highest BCUT2D eigenvalue weighted by atomic mass is 31.2. The van der Waals surface area contributed by atoms with Gasteiger partial charge in [-0.2, -0.15) is 0 Å². The van der Waals surface area contributed by atoms with Crippen LogP contribution in [0.4, 0.5) is 0 Å². The van der Waals surface area contributed by atoms with Crippen molar-refractivity contribution in [1.29, 1.82) is 0 Å². The molecule has 0 aliphatic heterocycles. The summed E-state index contributed by atoms with van der Waals surface area (Å²) in [4.78, 5) is 0. The van der Waals surface area contributed by atoms with E-state index in [2.05, 4.69) is 384 Å². The van der Waals surface area contributed by atoms with Crippen molar-refractivity contribution in [2.45, 2.75) is 393 Å². The van der Waals surface area contributed by atoms with Gasteiger partial charge in [0.15, 0.2) is 0 Å². The molecule has 0 fully saturated rings. The topological polar surface area (TPSA) is 44.8 Å². The molecule has 4 nitrogen and oxygen atoms in total. The Morgan fingerprint density at radius 3 is 0.386 bits per heavy atom. The van der Waals surface area contributed by atoms with Crippen LogP contribution in [0.5, 0.6) is 0 Å². The molecular weight excluding hydrogens is 1250 g/mol. The number of hydrogen-bond donors (Lipinski definition) is 0. The van der Waals surface area contributed by atoms with Gasteiger partial charge in [-0.15, -0.1) is 0 Å². The highest BCUT2D eigenvalue weighted by Gasteiger charge is 2.57. The Morgan fingerprint density at radius 2 is 0.297 bits per heavy atom. The van der Waals surface area contributed by atoms with Gasteiger partial charge in [0.1, 0.15) is 16.8 Å². The van der Waals surface area contributed by atoms with Gasteiger partial charge in [0, 0.05) is 0 Å². The summed E-state index contributed by atoms with van der Waals surface area (Å²) in [7, 11) is -5.39.